The zero-order valence-corrected chi connectivity index (χ0v) is 15.5. The molecule has 0 aliphatic carbocycles. The number of ether oxygens (including phenoxy) is 1. The van der Waals surface area contributed by atoms with Crippen molar-refractivity contribution < 1.29 is 9.53 Å². The molecule has 3 aromatic rings. The smallest absolute Gasteiger partial charge is 0.344 e. The molecule has 132 valence electrons. The zero-order valence-electron chi connectivity index (χ0n) is 15.5. The molecule has 3 rings (SSSR count). The molecule has 0 atom stereocenters. The van der Waals surface area contributed by atoms with Crippen LogP contribution in [0.2, 0.25) is 0 Å². The van der Waals surface area contributed by atoms with E-state index in [0.29, 0.717) is 5.56 Å². The fraction of sp³-hybridized carbons (Fsp3) is 0.227. The first-order valence-corrected chi connectivity index (χ1v) is 8.56. The van der Waals surface area contributed by atoms with Crippen molar-refractivity contribution in [1.29, 1.82) is 0 Å². The molecule has 2 aromatic carbocycles. The first-order valence-electron chi connectivity index (χ1n) is 8.56. The molecule has 0 radical (unpaired) electrons. The van der Waals surface area contributed by atoms with Gasteiger partial charge in [-0.3, -0.25) is 0 Å². The van der Waals surface area contributed by atoms with Crippen molar-refractivity contribution >= 4 is 5.97 Å². The number of nitrogens with zero attached hydrogens (tertiary/aromatic N) is 2. The number of hydrogen-bond donors (Lipinski definition) is 0. The summed E-state index contributed by atoms with van der Waals surface area (Å²) in [6, 6.07) is 18.9. The maximum Gasteiger partial charge on any atom is 0.344 e. The van der Waals surface area contributed by atoms with Gasteiger partial charge in [0.1, 0.15) is 0 Å². The Morgan fingerprint density at radius 1 is 0.846 bits per heavy atom. The van der Waals surface area contributed by atoms with Crippen LogP contribution in [-0.2, 0) is 5.41 Å². The lowest BCUT2D eigenvalue weighted by Crippen LogP contribution is -2.13. The second kappa shape index (κ2) is 7.08. The molecule has 0 aliphatic heterocycles. The van der Waals surface area contributed by atoms with E-state index in [4.69, 9.17) is 4.74 Å². The lowest BCUT2D eigenvalue weighted by molar-refractivity contribution is 0.0726. The van der Waals surface area contributed by atoms with Gasteiger partial charge in [0.15, 0.2) is 0 Å². The number of benzene rings is 2. The average Bonchev–Trinajstić information content (AvgIpc) is 2.62. The standard InChI is InChI=1S/C22H22N2O2/c1-15-5-7-16(8-6-15)19-13-14-20(24-23-19)26-21(25)17-9-11-18(12-10-17)22(2,3)4/h5-14H,1-4H3. The lowest BCUT2D eigenvalue weighted by atomic mass is 9.87. The van der Waals surface area contributed by atoms with Gasteiger partial charge in [-0.15, -0.1) is 10.2 Å². The summed E-state index contributed by atoms with van der Waals surface area (Å²) in [6.45, 7) is 8.43. The van der Waals surface area contributed by atoms with Crippen molar-refractivity contribution in [2.24, 2.45) is 0 Å². The molecule has 1 aromatic heterocycles. The van der Waals surface area contributed by atoms with Gasteiger partial charge in [0.2, 0.25) is 5.88 Å². The van der Waals surface area contributed by atoms with Gasteiger partial charge in [-0.05, 0) is 36.1 Å². The highest BCUT2D eigenvalue weighted by Gasteiger charge is 2.15. The van der Waals surface area contributed by atoms with Crippen LogP contribution in [-0.4, -0.2) is 16.2 Å². The minimum Gasteiger partial charge on any atom is -0.402 e. The molecular weight excluding hydrogens is 324 g/mol. The van der Waals surface area contributed by atoms with Gasteiger partial charge in [-0.2, -0.15) is 0 Å². The van der Waals surface area contributed by atoms with Gasteiger partial charge < -0.3 is 4.74 Å². The van der Waals surface area contributed by atoms with E-state index in [-0.39, 0.29) is 11.3 Å². The Hall–Kier alpha value is -3.01. The highest BCUT2D eigenvalue weighted by atomic mass is 16.5. The van der Waals surface area contributed by atoms with Crippen LogP contribution in [0.1, 0.15) is 42.3 Å². The van der Waals surface area contributed by atoms with Crippen LogP contribution in [0, 0.1) is 6.92 Å². The molecule has 26 heavy (non-hydrogen) atoms. The summed E-state index contributed by atoms with van der Waals surface area (Å²) < 4.78 is 5.32. The van der Waals surface area contributed by atoms with Crippen molar-refractivity contribution in [3.63, 3.8) is 0 Å². The second-order valence-corrected chi connectivity index (χ2v) is 7.34. The number of hydrogen-bond acceptors (Lipinski definition) is 4. The molecule has 4 heteroatoms. The average molecular weight is 346 g/mol. The molecule has 0 N–H and O–H groups in total. The number of aryl methyl sites for hydroxylation is 1. The van der Waals surface area contributed by atoms with Crippen LogP contribution in [0.25, 0.3) is 11.3 Å². The van der Waals surface area contributed by atoms with Crippen LogP contribution >= 0.6 is 0 Å². The molecule has 4 nitrogen and oxygen atoms in total. The van der Waals surface area contributed by atoms with E-state index >= 15 is 0 Å². The van der Waals surface area contributed by atoms with E-state index in [1.165, 1.54) is 5.56 Å². The number of carbonyl (C=O) groups excluding carboxylic acids is 1. The van der Waals surface area contributed by atoms with E-state index < -0.39 is 5.97 Å². The van der Waals surface area contributed by atoms with Gasteiger partial charge in [-0.25, -0.2) is 4.79 Å². The Kier molecular flexibility index (Phi) is 4.85. The van der Waals surface area contributed by atoms with Gasteiger partial charge in [0.05, 0.1) is 11.3 Å². The second-order valence-electron chi connectivity index (χ2n) is 7.34. The minimum atomic E-state index is -0.442. The summed E-state index contributed by atoms with van der Waals surface area (Å²) in [5.74, 6) is -0.256. The van der Waals surface area contributed by atoms with Crippen LogP contribution in [0.5, 0.6) is 5.88 Å². The third-order valence-corrected chi connectivity index (χ3v) is 4.17. The monoisotopic (exact) mass is 346 g/mol. The third-order valence-electron chi connectivity index (χ3n) is 4.17. The molecule has 1 heterocycles. The Bertz CT molecular complexity index is 891. The summed E-state index contributed by atoms with van der Waals surface area (Å²) in [4.78, 5) is 12.3. The van der Waals surface area contributed by atoms with E-state index in [0.717, 1.165) is 16.8 Å². The van der Waals surface area contributed by atoms with E-state index in [9.17, 15) is 4.79 Å². The Morgan fingerprint density at radius 2 is 1.50 bits per heavy atom. The maximum absolute atomic E-state index is 12.3. The highest BCUT2D eigenvalue weighted by Crippen LogP contribution is 2.23. The van der Waals surface area contributed by atoms with Gasteiger partial charge in [0.25, 0.3) is 0 Å². The number of esters is 1. The number of rotatable bonds is 3. The Balaban J connectivity index is 1.70. The van der Waals surface area contributed by atoms with Crippen LogP contribution in [0.3, 0.4) is 0 Å². The van der Waals surface area contributed by atoms with Gasteiger partial charge >= 0.3 is 5.97 Å². The van der Waals surface area contributed by atoms with Crippen molar-refractivity contribution in [3.8, 4) is 17.1 Å². The molecule has 0 aliphatic rings. The molecule has 0 spiro atoms. The zero-order chi connectivity index (χ0) is 18.7. The Morgan fingerprint density at radius 3 is 2.04 bits per heavy atom. The van der Waals surface area contributed by atoms with Crippen LogP contribution < -0.4 is 4.74 Å². The minimum absolute atomic E-state index is 0.0414. The topological polar surface area (TPSA) is 52.1 Å². The lowest BCUT2D eigenvalue weighted by Gasteiger charge is -2.18. The first-order chi connectivity index (χ1) is 12.3. The normalized spacial score (nSPS) is 11.2. The molecule has 0 saturated heterocycles. The van der Waals surface area contributed by atoms with Crippen molar-refractivity contribution in [2.45, 2.75) is 33.1 Å². The Labute approximate surface area is 153 Å². The summed E-state index contributed by atoms with van der Waals surface area (Å²) in [5.41, 5.74) is 4.58. The molecule has 0 bridgehead atoms. The maximum atomic E-state index is 12.3. The quantitative estimate of drug-likeness (QED) is 0.628. The van der Waals surface area contributed by atoms with Crippen LogP contribution in [0.4, 0.5) is 0 Å². The van der Waals surface area contributed by atoms with Gasteiger partial charge in [0, 0.05) is 11.6 Å². The molecular formula is C22H22N2O2. The van der Waals surface area contributed by atoms with Crippen molar-refractivity contribution in [3.05, 3.63) is 77.4 Å². The SMILES string of the molecule is Cc1ccc(-c2ccc(OC(=O)c3ccc(C(C)(C)C)cc3)nn2)cc1. The summed E-state index contributed by atoms with van der Waals surface area (Å²) in [5, 5.41) is 8.15. The van der Waals surface area contributed by atoms with Crippen molar-refractivity contribution in [2.75, 3.05) is 0 Å². The third kappa shape index (κ3) is 4.14. The van der Waals surface area contributed by atoms with Crippen molar-refractivity contribution in [1.82, 2.24) is 10.2 Å². The molecule has 0 fully saturated rings. The first kappa shape index (κ1) is 17.8. The van der Waals surface area contributed by atoms with E-state index in [1.54, 1.807) is 24.3 Å². The number of aromatic nitrogens is 2. The number of carbonyl (C=O) groups is 1. The van der Waals surface area contributed by atoms with Crippen LogP contribution in [0.15, 0.2) is 60.7 Å². The summed E-state index contributed by atoms with van der Waals surface area (Å²) in [7, 11) is 0. The molecule has 0 saturated carbocycles. The summed E-state index contributed by atoms with van der Waals surface area (Å²) in [6.07, 6.45) is 0. The molecule has 0 unspecified atom stereocenters. The van der Waals surface area contributed by atoms with Gasteiger partial charge in [-0.1, -0.05) is 62.7 Å². The predicted octanol–water partition coefficient (Wildman–Crippen LogP) is 4.97. The van der Waals surface area contributed by atoms with E-state index in [1.807, 2.05) is 43.3 Å². The predicted molar refractivity (Wildman–Crippen MR) is 102 cm³/mol. The van der Waals surface area contributed by atoms with E-state index in [2.05, 4.69) is 31.0 Å². The molecule has 0 amide bonds. The fourth-order valence-electron chi connectivity index (χ4n) is 2.51. The fourth-order valence-corrected chi connectivity index (χ4v) is 2.51. The highest BCUT2D eigenvalue weighted by molar-refractivity contribution is 5.90. The largest absolute Gasteiger partial charge is 0.402 e. The summed E-state index contributed by atoms with van der Waals surface area (Å²) >= 11 is 0.